The lowest BCUT2D eigenvalue weighted by atomic mass is 9.98. The summed E-state index contributed by atoms with van der Waals surface area (Å²) in [6, 6.07) is 17.4. The molecule has 1 atom stereocenters. The molecule has 3 aromatic heterocycles. The Kier molecular flexibility index (Phi) is 10.1. The normalized spacial score (nSPS) is 17.9. The summed E-state index contributed by atoms with van der Waals surface area (Å²) in [4.78, 5) is 39.7. The smallest absolute Gasteiger partial charge is 0.258 e. The summed E-state index contributed by atoms with van der Waals surface area (Å²) in [6.45, 7) is 6.55. The number of aliphatic hydroxyl groups is 1. The maximum absolute atomic E-state index is 13.7. The Hall–Kier alpha value is -5.44. The van der Waals surface area contributed by atoms with Gasteiger partial charge in [-0.1, -0.05) is 30.3 Å². The van der Waals surface area contributed by atoms with Gasteiger partial charge in [0.25, 0.3) is 5.91 Å². The standard InChI is InChI=1S/C38H43N9O5/c1-25(2)52-33-11-8-29(21-39-33)35-31-20-30(9-10-32(31)42-43-35)41-37(50)38(51-3)14-17-45(23-38)22-34(49)46-15-12-27(13-16-46)26-4-6-28(7-5-26)36-40-24-47(44-36)18-19-48/h4-12,20-21,24-25,48H,13-19,22-23H2,1-3H3,(H,41,50)(H,42,43)/t38-/m0/s1. The summed E-state index contributed by atoms with van der Waals surface area (Å²) in [5.41, 5.74) is 5.11. The fourth-order valence-electron chi connectivity index (χ4n) is 6.75. The van der Waals surface area contributed by atoms with Crippen LogP contribution in [0.1, 0.15) is 32.3 Å². The molecule has 7 rings (SSSR count). The third kappa shape index (κ3) is 7.45. The predicted octanol–water partition coefficient (Wildman–Crippen LogP) is 4.01. The van der Waals surface area contributed by atoms with Crippen LogP contribution in [0, 0.1) is 0 Å². The number of anilines is 1. The average Bonchev–Trinajstić information content (AvgIpc) is 3.91. The van der Waals surface area contributed by atoms with Crippen LogP contribution >= 0.6 is 0 Å². The largest absolute Gasteiger partial charge is 0.475 e. The van der Waals surface area contributed by atoms with Gasteiger partial charge < -0.3 is 24.8 Å². The molecular weight excluding hydrogens is 662 g/mol. The summed E-state index contributed by atoms with van der Waals surface area (Å²) in [6.07, 6.45) is 6.69. The molecule has 2 amide bonds. The first-order valence-corrected chi connectivity index (χ1v) is 17.5. The predicted molar refractivity (Wildman–Crippen MR) is 196 cm³/mol. The van der Waals surface area contributed by atoms with Crippen molar-refractivity contribution in [2.24, 2.45) is 0 Å². The fourth-order valence-corrected chi connectivity index (χ4v) is 6.75. The lowest BCUT2D eigenvalue weighted by Crippen LogP contribution is -2.48. The zero-order chi connectivity index (χ0) is 36.2. The van der Waals surface area contributed by atoms with Gasteiger partial charge in [0.2, 0.25) is 11.8 Å². The number of amides is 2. The van der Waals surface area contributed by atoms with Crippen LogP contribution in [-0.4, -0.2) is 115 Å². The Morgan fingerprint density at radius 1 is 1.04 bits per heavy atom. The third-order valence-corrected chi connectivity index (χ3v) is 9.60. The molecule has 3 N–H and O–H groups in total. The maximum atomic E-state index is 13.7. The number of H-pyrrole nitrogens is 1. The molecular formula is C38H43N9O5. The molecule has 52 heavy (non-hydrogen) atoms. The molecule has 2 aromatic carbocycles. The van der Waals surface area contributed by atoms with E-state index in [1.54, 1.807) is 24.3 Å². The number of aromatic nitrogens is 6. The number of rotatable bonds is 12. The van der Waals surface area contributed by atoms with Crippen LogP contribution < -0.4 is 10.1 Å². The van der Waals surface area contributed by atoms with Crippen LogP contribution in [0.25, 0.3) is 39.1 Å². The van der Waals surface area contributed by atoms with Crippen LogP contribution in [0.2, 0.25) is 0 Å². The number of aliphatic hydroxyl groups excluding tert-OH is 1. The van der Waals surface area contributed by atoms with E-state index in [1.165, 1.54) is 5.57 Å². The van der Waals surface area contributed by atoms with E-state index in [-0.39, 0.29) is 31.1 Å². The highest BCUT2D eigenvalue weighted by atomic mass is 16.5. The third-order valence-electron chi connectivity index (χ3n) is 9.60. The number of ether oxygens (including phenoxy) is 2. The monoisotopic (exact) mass is 705 g/mol. The molecule has 2 aliphatic heterocycles. The highest BCUT2D eigenvalue weighted by Gasteiger charge is 2.45. The Bertz CT molecular complexity index is 2070. The first-order valence-electron chi connectivity index (χ1n) is 17.5. The average molecular weight is 706 g/mol. The first kappa shape index (κ1) is 35.0. The molecule has 1 fully saturated rings. The van der Waals surface area contributed by atoms with Gasteiger partial charge in [-0.15, -0.1) is 0 Å². The zero-order valence-corrected chi connectivity index (χ0v) is 29.6. The summed E-state index contributed by atoms with van der Waals surface area (Å²) in [5, 5.41) is 25.0. The molecule has 1 saturated heterocycles. The van der Waals surface area contributed by atoms with Gasteiger partial charge in [-0.25, -0.2) is 9.97 Å². The minimum absolute atomic E-state index is 0.0101. The topological polar surface area (TPSA) is 164 Å². The van der Waals surface area contributed by atoms with Crippen LogP contribution in [-0.2, 0) is 20.9 Å². The Morgan fingerprint density at radius 3 is 2.56 bits per heavy atom. The number of nitrogens with one attached hydrogen (secondary N) is 2. The molecule has 0 spiro atoms. The molecule has 0 bridgehead atoms. The van der Waals surface area contributed by atoms with E-state index in [0.717, 1.165) is 39.7 Å². The lowest BCUT2D eigenvalue weighted by Gasteiger charge is -2.30. The van der Waals surface area contributed by atoms with Crippen LogP contribution in [0.4, 0.5) is 5.69 Å². The number of benzene rings is 2. The number of carbonyl (C=O) groups is 2. The second-order valence-electron chi connectivity index (χ2n) is 13.4. The maximum Gasteiger partial charge on any atom is 0.258 e. The molecule has 14 heteroatoms. The number of fused-ring (bicyclic) bond motifs is 1. The van der Waals surface area contributed by atoms with Crippen molar-refractivity contribution >= 4 is 34.0 Å². The van der Waals surface area contributed by atoms with E-state index in [1.807, 2.05) is 66.1 Å². The van der Waals surface area contributed by atoms with E-state index >= 15 is 0 Å². The van der Waals surface area contributed by atoms with Crippen LogP contribution in [0.5, 0.6) is 5.88 Å². The van der Waals surface area contributed by atoms with Crippen molar-refractivity contribution in [3.63, 3.8) is 0 Å². The number of aromatic amines is 1. The second-order valence-corrected chi connectivity index (χ2v) is 13.4. The van der Waals surface area contributed by atoms with Crippen molar-refractivity contribution in [3.8, 4) is 28.5 Å². The molecule has 0 unspecified atom stereocenters. The van der Waals surface area contributed by atoms with E-state index in [0.29, 0.717) is 56.5 Å². The number of methoxy groups -OCH3 is 1. The second kappa shape index (κ2) is 15.0. The molecule has 0 aliphatic carbocycles. The highest BCUT2D eigenvalue weighted by molar-refractivity contribution is 6.01. The van der Waals surface area contributed by atoms with Gasteiger partial charge in [-0.2, -0.15) is 10.2 Å². The number of nitrogens with zero attached hydrogens (tertiary/aromatic N) is 7. The molecule has 5 heterocycles. The van der Waals surface area contributed by atoms with E-state index in [4.69, 9.17) is 14.6 Å². The van der Waals surface area contributed by atoms with Gasteiger partial charge in [0.05, 0.1) is 31.3 Å². The molecule has 0 saturated carbocycles. The van der Waals surface area contributed by atoms with Crippen molar-refractivity contribution in [3.05, 3.63) is 78.8 Å². The molecule has 0 radical (unpaired) electrons. The van der Waals surface area contributed by atoms with E-state index in [9.17, 15) is 9.59 Å². The van der Waals surface area contributed by atoms with Gasteiger partial charge >= 0.3 is 0 Å². The van der Waals surface area contributed by atoms with Crippen molar-refractivity contribution in [2.75, 3.05) is 51.8 Å². The SMILES string of the molecule is CO[C@@]1(C(=O)Nc2ccc3[nH]nc(-c4ccc(OC(C)C)nc4)c3c2)CCN(CC(=O)N2CC=C(c3ccc(-c4ncn(CCO)n4)cc3)CC2)C1. The summed E-state index contributed by atoms with van der Waals surface area (Å²) < 4.78 is 13.1. The van der Waals surface area contributed by atoms with Gasteiger partial charge in [-0.05, 0) is 62.1 Å². The van der Waals surface area contributed by atoms with Gasteiger partial charge in [0.1, 0.15) is 12.0 Å². The van der Waals surface area contributed by atoms with Crippen molar-refractivity contribution in [2.45, 2.75) is 44.9 Å². The summed E-state index contributed by atoms with van der Waals surface area (Å²) in [7, 11) is 1.55. The Labute approximate surface area is 301 Å². The van der Waals surface area contributed by atoms with Crippen LogP contribution in [0.3, 0.4) is 0 Å². The fraction of sp³-hybridized carbons (Fsp3) is 0.368. The molecule has 270 valence electrons. The first-order chi connectivity index (χ1) is 25.2. The lowest BCUT2D eigenvalue weighted by molar-refractivity contribution is -0.138. The van der Waals surface area contributed by atoms with E-state index in [2.05, 4.69) is 48.8 Å². The van der Waals surface area contributed by atoms with E-state index < -0.39 is 5.60 Å². The Balaban J connectivity index is 0.943. The number of likely N-dealkylation sites (tertiary alicyclic amines) is 1. The number of hydrogen-bond donors (Lipinski definition) is 3. The number of carbonyl (C=O) groups excluding carboxylic acids is 2. The molecule has 14 nitrogen and oxygen atoms in total. The van der Waals surface area contributed by atoms with Crippen molar-refractivity contribution in [1.29, 1.82) is 0 Å². The summed E-state index contributed by atoms with van der Waals surface area (Å²) >= 11 is 0. The van der Waals surface area contributed by atoms with Crippen molar-refractivity contribution in [1.82, 2.24) is 39.7 Å². The van der Waals surface area contributed by atoms with Gasteiger partial charge in [0.15, 0.2) is 11.4 Å². The minimum atomic E-state index is -1.09. The number of hydrogen-bond acceptors (Lipinski definition) is 10. The van der Waals surface area contributed by atoms with Gasteiger partial charge in [0, 0.05) is 67.8 Å². The van der Waals surface area contributed by atoms with Crippen LogP contribution in [0.15, 0.2) is 73.2 Å². The van der Waals surface area contributed by atoms with Gasteiger partial charge in [-0.3, -0.25) is 24.3 Å². The quantitative estimate of drug-likeness (QED) is 0.173. The number of pyridine rings is 1. The molecule has 5 aromatic rings. The highest BCUT2D eigenvalue weighted by Crippen LogP contribution is 2.32. The zero-order valence-electron chi connectivity index (χ0n) is 29.6. The molecule has 2 aliphatic rings. The Morgan fingerprint density at radius 2 is 1.85 bits per heavy atom. The minimum Gasteiger partial charge on any atom is -0.475 e. The summed E-state index contributed by atoms with van der Waals surface area (Å²) in [5.74, 6) is 0.934. The van der Waals surface area contributed by atoms with Crippen molar-refractivity contribution < 1.29 is 24.2 Å².